The summed E-state index contributed by atoms with van der Waals surface area (Å²) in [5, 5.41) is 62.6. The summed E-state index contributed by atoms with van der Waals surface area (Å²) in [6, 6.07) is -1.10. The highest BCUT2D eigenvalue weighted by Gasteiger charge is 2.43. The van der Waals surface area contributed by atoms with Gasteiger partial charge in [-0.2, -0.15) is 0 Å². The van der Waals surface area contributed by atoms with Crippen molar-refractivity contribution in [1.29, 1.82) is 0 Å². The Morgan fingerprint density at radius 2 is 1.55 bits per heavy atom. The van der Waals surface area contributed by atoms with E-state index in [9.17, 15) is 45.0 Å². The minimum Gasteiger partial charge on any atom is -0.481 e. The third kappa shape index (κ3) is 12.5. The summed E-state index contributed by atoms with van der Waals surface area (Å²) in [7, 11) is 0. The van der Waals surface area contributed by atoms with E-state index in [2.05, 4.69) is 0 Å². The Morgan fingerprint density at radius 3 is 2.26 bits per heavy atom. The van der Waals surface area contributed by atoms with Crippen LogP contribution < -0.4 is 5.73 Å². The van der Waals surface area contributed by atoms with Crippen LogP contribution in [0.4, 0.5) is 0 Å². The van der Waals surface area contributed by atoms with E-state index in [1.165, 1.54) is 25.2 Å². The summed E-state index contributed by atoms with van der Waals surface area (Å²) in [6.07, 6.45) is 3.57. The number of aliphatic hydroxyl groups is 5. The highest BCUT2D eigenvalue weighted by Crippen LogP contribution is 2.29. The van der Waals surface area contributed by atoms with Crippen molar-refractivity contribution >= 4 is 17.7 Å². The molecule has 0 spiro atoms. The van der Waals surface area contributed by atoms with Crippen LogP contribution in [0.3, 0.4) is 0 Å². The Labute approximate surface area is 273 Å². The van der Waals surface area contributed by atoms with Crippen LogP contribution in [0.5, 0.6) is 0 Å². The molecule has 0 amide bonds. The second-order valence-electron chi connectivity index (χ2n) is 12.1. The molecule has 3 aliphatic rings. The summed E-state index contributed by atoms with van der Waals surface area (Å²) in [6.45, 7) is 3.29. The van der Waals surface area contributed by atoms with Gasteiger partial charge in [-0.3, -0.25) is 9.59 Å². The van der Waals surface area contributed by atoms with Gasteiger partial charge < -0.3 is 55.3 Å². The predicted molar refractivity (Wildman–Crippen MR) is 166 cm³/mol. The van der Waals surface area contributed by atoms with E-state index in [0.29, 0.717) is 6.42 Å². The van der Waals surface area contributed by atoms with Crippen molar-refractivity contribution in [2.24, 2.45) is 11.7 Å². The topological polar surface area (TPSA) is 239 Å². The molecule has 14 nitrogen and oxygen atoms in total. The zero-order valence-electron chi connectivity index (χ0n) is 26.4. The molecule has 0 bridgehead atoms. The minimum atomic E-state index is -1.80. The standard InChI is InChI=1S/C33H47NO13/c1-18-10-8-6-4-3-5-7-9-11-22(46-33-31(41)29(34)30(40)19(2)45-33)17-24(38)28(32(42)43)23(37)15-20(35)14-21(36)16-26-25(47-26)12-13-27(39)44-18/h3-9,11-13,18-19,21-26,28-31,33,36-38,40-41H,10,14-17,34H2,1-2H3,(H,42,43)/b4-3+,7-5+,8-6+,11-9+,13-12+/t18-,19-,21+,22+,23-,24+,25-,26-,28-,29+,30-,31+,33+/m1/s1. The molecule has 2 fully saturated rings. The molecule has 0 radical (unpaired) electrons. The van der Waals surface area contributed by atoms with Crippen LogP contribution in [-0.2, 0) is 33.3 Å². The molecule has 0 aromatic carbocycles. The molecule has 0 unspecified atom stereocenters. The molecule has 0 aromatic heterocycles. The number of ketones is 1. The number of cyclic esters (lactones) is 1. The third-order valence-corrected chi connectivity index (χ3v) is 8.05. The molecule has 47 heavy (non-hydrogen) atoms. The highest BCUT2D eigenvalue weighted by molar-refractivity contribution is 5.82. The summed E-state index contributed by atoms with van der Waals surface area (Å²) in [5.41, 5.74) is 5.91. The number of nitrogens with two attached hydrogens (primary N) is 1. The maximum atomic E-state index is 12.6. The molecule has 14 heteroatoms. The number of allylic oxidation sites excluding steroid dienone is 6. The molecule has 3 heterocycles. The van der Waals surface area contributed by atoms with Crippen molar-refractivity contribution in [3.05, 3.63) is 60.8 Å². The molecule has 0 aliphatic carbocycles. The third-order valence-electron chi connectivity index (χ3n) is 8.05. The Morgan fingerprint density at radius 1 is 0.872 bits per heavy atom. The lowest BCUT2D eigenvalue weighted by Gasteiger charge is -2.41. The molecule has 13 atom stereocenters. The average molecular weight is 666 g/mol. The lowest BCUT2D eigenvalue weighted by molar-refractivity contribution is -0.277. The molecular formula is C33H47NO13. The van der Waals surface area contributed by atoms with E-state index in [1.54, 1.807) is 43.4 Å². The summed E-state index contributed by atoms with van der Waals surface area (Å²) in [5.74, 6) is -4.54. The van der Waals surface area contributed by atoms with Gasteiger partial charge in [0.05, 0.1) is 48.8 Å². The van der Waals surface area contributed by atoms with Crippen LogP contribution in [0.1, 0.15) is 46.0 Å². The zero-order valence-corrected chi connectivity index (χ0v) is 26.4. The van der Waals surface area contributed by atoms with E-state index >= 15 is 0 Å². The van der Waals surface area contributed by atoms with Gasteiger partial charge in [0, 0.05) is 38.2 Å². The van der Waals surface area contributed by atoms with Crippen LogP contribution in [0.15, 0.2) is 60.8 Å². The van der Waals surface area contributed by atoms with Crippen LogP contribution in [0.25, 0.3) is 0 Å². The maximum Gasteiger partial charge on any atom is 0.330 e. The maximum absolute atomic E-state index is 12.6. The number of Topliss-reactive ketones (excluding diaryl/α,β-unsaturated/α-hetero) is 1. The largest absolute Gasteiger partial charge is 0.481 e. The van der Waals surface area contributed by atoms with Crippen molar-refractivity contribution in [3.63, 3.8) is 0 Å². The molecule has 0 saturated carbocycles. The number of carbonyl (C=O) groups is 3. The zero-order chi connectivity index (χ0) is 34.7. The molecule has 262 valence electrons. The van der Waals surface area contributed by atoms with Crippen molar-refractivity contribution in [2.75, 3.05) is 0 Å². The minimum absolute atomic E-state index is 0.0692. The molecule has 0 aromatic rings. The van der Waals surface area contributed by atoms with Crippen molar-refractivity contribution in [3.8, 4) is 0 Å². The van der Waals surface area contributed by atoms with Crippen molar-refractivity contribution < 1.29 is 64.0 Å². The van der Waals surface area contributed by atoms with Crippen LogP contribution in [-0.4, -0.2) is 122 Å². The SMILES string of the molecule is C[C@@H]1C/C=C/C=C/C=C/C=C/[C@H](O[C@@H]2O[C@H](C)[C@@H](O)[C@H](N)[C@@H]2O)C[C@H](O)[C@H](C(=O)O)[C@H](O)CC(=O)C[C@H](O)C[C@H]2O[C@@H]2/C=C/C(=O)O1. The van der Waals surface area contributed by atoms with Gasteiger partial charge in [-0.05, 0) is 19.9 Å². The molecular weight excluding hydrogens is 618 g/mol. The van der Waals surface area contributed by atoms with Crippen LogP contribution in [0.2, 0.25) is 0 Å². The monoisotopic (exact) mass is 665 g/mol. The Kier molecular flexibility index (Phi) is 15.1. The fourth-order valence-corrected chi connectivity index (χ4v) is 5.33. The van der Waals surface area contributed by atoms with E-state index in [0.717, 1.165) is 0 Å². The number of rotatable bonds is 3. The van der Waals surface area contributed by atoms with Gasteiger partial charge in [0.25, 0.3) is 0 Å². The fraction of sp³-hybridized carbons (Fsp3) is 0.606. The molecule has 3 aliphatic heterocycles. The molecule has 2 saturated heterocycles. The van der Waals surface area contributed by atoms with E-state index in [1.807, 2.05) is 6.08 Å². The van der Waals surface area contributed by atoms with Gasteiger partial charge >= 0.3 is 11.9 Å². The Balaban J connectivity index is 1.79. The Bertz CT molecular complexity index is 1200. The van der Waals surface area contributed by atoms with Crippen LogP contribution >= 0.6 is 0 Å². The first-order valence-electron chi connectivity index (χ1n) is 15.7. The molecule has 8 N–H and O–H groups in total. The van der Waals surface area contributed by atoms with Gasteiger partial charge in [0.1, 0.15) is 30.0 Å². The summed E-state index contributed by atoms with van der Waals surface area (Å²) < 4.78 is 22.2. The second kappa shape index (κ2) is 18.5. The van der Waals surface area contributed by atoms with Crippen LogP contribution in [0, 0.1) is 5.92 Å². The fourth-order valence-electron chi connectivity index (χ4n) is 5.33. The number of epoxide rings is 1. The first-order chi connectivity index (χ1) is 22.3. The number of fused-ring (bicyclic) bond motifs is 1. The van der Waals surface area contributed by atoms with E-state index in [4.69, 9.17) is 24.7 Å². The number of carboxylic acids is 1. The van der Waals surface area contributed by atoms with Gasteiger partial charge in [0.15, 0.2) is 6.29 Å². The lowest BCUT2D eigenvalue weighted by atomic mass is 9.88. The quantitative estimate of drug-likeness (QED) is 0.155. The Hall–Kier alpha value is -3.05. The average Bonchev–Trinajstić information content (AvgIpc) is 3.72. The highest BCUT2D eigenvalue weighted by atomic mass is 16.7. The first-order valence-corrected chi connectivity index (χ1v) is 15.7. The summed E-state index contributed by atoms with van der Waals surface area (Å²) in [4.78, 5) is 36.9. The lowest BCUT2D eigenvalue weighted by Crippen LogP contribution is -2.61. The number of aliphatic hydroxyl groups excluding tert-OH is 5. The number of hydrogen-bond acceptors (Lipinski definition) is 13. The first kappa shape index (κ1) is 38.4. The number of ether oxygens (including phenoxy) is 4. The number of carboxylic acid groups (broad SMARTS) is 1. The normalized spacial score (nSPS) is 43.4. The van der Waals surface area contributed by atoms with Gasteiger partial charge in [0.2, 0.25) is 0 Å². The predicted octanol–water partition coefficient (Wildman–Crippen LogP) is -0.0377. The number of esters is 1. The second-order valence-corrected chi connectivity index (χ2v) is 12.1. The number of aliphatic carboxylic acids is 1. The number of hydrogen-bond donors (Lipinski definition) is 7. The van der Waals surface area contributed by atoms with Gasteiger partial charge in [-0.15, -0.1) is 0 Å². The van der Waals surface area contributed by atoms with Gasteiger partial charge in [-0.1, -0.05) is 48.6 Å². The smallest absolute Gasteiger partial charge is 0.330 e. The van der Waals surface area contributed by atoms with Crippen molar-refractivity contribution in [1.82, 2.24) is 0 Å². The van der Waals surface area contributed by atoms with Gasteiger partial charge in [-0.25, -0.2) is 4.79 Å². The number of carbonyl (C=O) groups excluding carboxylic acids is 2. The summed E-state index contributed by atoms with van der Waals surface area (Å²) >= 11 is 0. The van der Waals surface area contributed by atoms with Crippen molar-refractivity contribution in [2.45, 2.75) is 119 Å². The molecule has 3 rings (SSSR count). The van der Waals surface area contributed by atoms with E-state index in [-0.39, 0.29) is 25.4 Å². The van der Waals surface area contributed by atoms with E-state index < -0.39 is 97.3 Å².